The highest BCUT2D eigenvalue weighted by Crippen LogP contribution is 2.72. The van der Waals surface area contributed by atoms with Crippen molar-refractivity contribution in [2.75, 3.05) is 0 Å². The van der Waals surface area contributed by atoms with Crippen LogP contribution in [0.5, 0.6) is 0 Å². The summed E-state index contributed by atoms with van der Waals surface area (Å²) < 4.78 is 23.4. The molecule has 2 saturated heterocycles. The molecule has 8 aliphatic rings. The zero-order valence-corrected chi connectivity index (χ0v) is 33.3. The third-order valence-corrected chi connectivity index (χ3v) is 17.7. The van der Waals surface area contributed by atoms with Gasteiger partial charge in [0.25, 0.3) is 0 Å². The van der Waals surface area contributed by atoms with Gasteiger partial charge in [0.1, 0.15) is 0 Å². The molecule has 0 aromatic rings. The van der Waals surface area contributed by atoms with Gasteiger partial charge in [0.2, 0.25) is 0 Å². The van der Waals surface area contributed by atoms with Crippen LogP contribution in [0.25, 0.3) is 0 Å². The molecule has 1 spiro atoms. The van der Waals surface area contributed by atoms with Crippen molar-refractivity contribution in [1.82, 2.24) is 0 Å². The summed E-state index contributed by atoms with van der Waals surface area (Å²) in [6.07, 6.45) is 26.4. The number of hydrogen-bond acceptors (Lipinski definition) is 3. The molecule has 2 aliphatic heterocycles. The Hall–Kier alpha value is -0.120. The van der Waals surface area contributed by atoms with Crippen molar-refractivity contribution in [2.24, 2.45) is 88.3 Å². The summed E-state index contributed by atoms with van der Waals surface area (Å²) in [4.78, 5) is 0. The third kappa shape index (κ3) is 5.88. The Labute approximate surface area is 302 Å². The van der Waals surface area contributed by atoms with E-state index in [1.54, 1.807) is 0 Å². The number of fused-ring (bicyclic) bond motifs is 13. The minimum absolute atomic E-state index is 0.328. The van der Waals surface area contributed by atoms with Crippen molar-refractivity contribution in [3.05, 3.63) is 0 Å². The SMILES string of the molecule is CCC(CC)C1OC2(OC(C(CC)CC)C1C)C1CCC3C(CC(C)(C)C)CCCC3C1C1C3C(CCC12)OC1CCC2CCCCC2C13. The van der Waals surface area contributed by atoms with E-state index in [1.165, 1.54) is 116 Å². The first-order valence-corrected chi connectivity index (χ1v) is 22.6. The molecule has 8 fully saturated rings. The molecule has 0 amide bonds. The van der Waals surface area contributed by atoms with Crippen LogP contribution in [0.2, 0.25) is 0 Å². The lowest BCUT2D eigenvalue weighted by Crippen LogP contribution is -2.62. The summed E-state index contributed by atoms with van der Waals surface area (Å²) in [6.45, 7) is 19.8. The first-order chi connectivity index (χ1) is 23.6. The van der Waals surface area contributed by atoms with Gasteiger partial charge in [-0.1, -0.05) is 113 Å². The van der Waals surface area contributed by atoms with Gasteiger partial charge in [-0.05, 0) is 128 Å². The molecule has 3 nitrogen and oxygen atoms in total. The van der Waals surface area contributed by atoms with Gasteiger partial charge in [-0.15, -0.1) is 0 Å². The normalized spacial score (nSPS) is 50.8. The second kappa shape index (κ2) is 13.9. The fourth-order valence-electron chi connectivity index (χ4n) is 16.1. The molecule has 0 N–H and O–H groups in total. The van der Waals surface area contributed by atoms with Crippen molar-refractivity contribution in [3.63, 3.8) is 0 Å². The van der Waals surface area contributed by atoms with Gasteiger partial charge < -0.3 is 14.2 Å². The van der Waals surface area contributed by atoms with Crippen LogP contribution in [0.4, 0.5) is 0 Å². The second-order valence-corrected chi connectivity index (χ2v) is 20.9. The second-order valence-electron chi connectivity index (χ2n) is 20.9. The van der Waals surface area contributed by atoms with Crippen LogP contribution >= 0.6 is 0 Å². The molecule has 3 heteroatoms. The van der Waals surface area contributed by atoms with E-state index in [0.717, 1.165) is 53.3 Å². The van der Waals surface area contributed by atoms with Crippen molar-refractivity contribution in [1.29, 1.82) is 0 Å². The minimum atomic E-state index is -0.381. The molecular weight excluding hydrogens is 601 g/mol. The Balaban J connectivity index is 1.24. The van der Waals surface area contributed by atoms with Crippen LogP contribution in [0.15, 0.2) is 0 Å². The molecule has 280 valence electrons. The van der Waals surface area contributed by atoms with Crippen LogP contribution in [0, 0.1) is 88.3 Å². The van der Waals surface area contributed by atoms with Gasteiger partial charge in [0, 0.05) is 17.8 Å². The summed E-state index contributed by atoms with van der Waals surface area (Å²) in [5, 5.41) is 0. The first kappa shape index (κ1) is 35.9. The molecule has 15 atom stereocenters. The van der Waals surface area contributed by atoms with Gasteiger partial charge in [0.05, 0.1) is 24.4 Å². The van der Waals surface area contributed by atoms with E-state index in [1.807, 2.05) is 0 Å². The minimum Gasteiger partial charge on any atom is -0.374 e. The molecule has 15 unspecified atom stereocenters. The predicted molar refractivity (Wildman–Crippen MR) is 201 cm³/mol. The van der Waals surface area contributed by atoms with Gasteiger partial charge in [-0.2, -0.15) is 0 Å². The zero-order chi connectivity index (χ0) is 34.2. The number of rotatable bonds is 7. The monoisotopic (exact) mass is 679 g/mol. The van der Waals surface area contributed by atoms with Crippen LogP contribution in [0.1, 0.15) is 171 Å². The van der Waals surface area contributed by atoms with E-state index in [-0.39, 0.29) is 5.79 Å². The Morgan fingerprint density at radius 3 is 1.84 bits per heavy atom. The molecule has 8 rings (SSSR count). The largest absolute Gasteiger partial charge is 0.374 e. The van der Waals surface area contributed by atoms with E-state index < -0.39 is 0 Å². The lowest BCUT2D eigenvalue weighted by molar-refractivity contribution is -0.387. The van der Waals surface area contributed by atoms with Crippen molar-refractivity contribution in [2.45, 2.75) is 201 Å². The maximum absolute atomic E-state index is 8.01. The average Bonchev–Trinajstić information content (AvgIpc) is 3.61. The van der Waals surface area contributed by atoms with Gasteiger partial charge in [-0.25, -0.2) is 0 Å². The summed E-state index contributed by atoms with van der Waals surface area (Å²) in [7, 11) is 0. The van der Waals surface area contributed by atoms with Crippen molar-refractivity contribution < 1.29 is 14.2 Å². The lowest BCUT2D eigenvalue weighted by Gasteiger charge is -2.57. The zero-order valence-electron chi connectivity index (χ0n) is 33.3. The third-order valence-electron chi connectivity index (χ3n) is 17.7. The first-order valence-electron chi connectivity index (χ1n) is 22.6. The van der Waals surface area contributed by atoms with Crippen LogP contribution in [0.3, 0.4) is 0 Å². The standard InChI is InChI=1S/C46H78O3/c1-9-28(10-2)43-27(5)44(29(11-3)12-4)49-46(48-43)35-22-21-32-31(26-45(6,7)8)17-15-19-34(32)39(35)41-36(46)23-25-38-42(41)40-33-18-14-13-16-30(33)20-24-37(40)47-38/h27-44H,9-26H2,1-8H3. The maximum atomic E-state index is 8.01. The van der Waals surface area contributed by atoms with Gasteiger partial charge >= 0.3 is 0 Å². The van der Waals surface area contributed by atoms with E-state index in [9.17, 15) is 0 Å². The highest BCUT2D eigenvalue weighted by molar-refractivity contribution is 5.18. The lowest BCUT2D eigenvalue weighted by atomic mass is 9.51. The molecule has 6 saturated carbocycles. The Kier molecular flexibility index (Phi) is 10.2. The molecule has 0 bridgehead atoms. The van der Waals surface area contributed by atoms with Crippen LogP contribution in [-0.4, -0.2) is 30.2 Å². The molecule has 0 aromatic carbocycles. The highest BCUT2D eigenvalue weighted by Gasteiger charge is 2.73. The number of hydrogen-bond donors (Lipinski definition) is 0. The Bertz CT molecular complexity index is 1100. The fraction of sp³-hybridized carbons (Fsp3) is 1.00. The van der Waals surface area contributed by atoms with Crippen LogP contribution in [-0.2, 0) is 14.2 Å². The highest BCUT2D eigenvalue weighted by atomic mass is 16.7. The molecule has 6 aliphatic carbocycles. The van der Waals surface area contributed by atoms with Crippen LogP contribution < -0.4 is 0 Å². The van der Waals surface area contributed by atoms with E-state index in [2.05, 4.69) is 55.4 Å². The smallest absolute Gasteiger partial charge is 0.175 e. The average molecular weight is 679 g/mol. The summed E-state index contributed by atoms with van der Waals surface area (Å²) in [5.41, 5.74) is 0.417. The van der Waals surface area contributed by atoms with Crippen molar-refractivity contribution in [3.8, 4) is 0 Å². The fourth-order valence-corrected chi connectivity index (χ4v) is 16.1. The molecule has 0 aromatic heterocycles. The predicted octanol–water partition coefficient (Wildman–Crippen LogP) is 12.1. The quantitative estimate of drug-likeness (QED) is 0.268. The molecule has 2 heterocycles. The maximum Gasteiger partial charge on any atom is 0.175 e. The Morgan fingerprint density at radius 1 is 0.571 bits per heavy atom. The number of ether oxygens (including phenoxy) is 3. The molecule has 0 radical (unpaired) electrons. The summed E-state index contributed by atoms with van der Waals surface area (Å²) >= 11 is 0. The summed E-state index contributed by atoms with van der Waals surface area (Å²) in [5.74, 6) is 10.1. The van der Waals surface area contributed by atoms with Gasteiger partial charge in [0.15, 0.2) is 5.79 Å². The van der Waals surface area contributed by atoms with Crippen molar-refractivity contribution >= 4 is 0 Å². The topological polar surface area (TPSA) is 27.7 Å². The van der Waals surface area contributed by atoms with E-state index >= 15 is 0 Å². The molecular formula is C46H78O3. The summed E-state index contributed by atoms with van der Waals surface area (Å²) in [6, 6.07) is 0. The van der Waals surface area contributed by atoms with E-state index in [4.69, 9.17) is 14.2 Å². The molecule has 49 heavy (non-hydrogen) atoms. The Morgan fingerprint density at radius 2 is 1.16 bits per heavy atom. The van der Waals surface area contributed by atoms with E-state index in [0.29, 0.717) is 59.4 Å². The van der Waals surface area contributed by atoms with Gasteiger partial charge in [-0.3, -0.25) is 0 Å².